The molecule has 0 aliphatic rings. The van der Waals surface area contributed by atoms with Gasteiger partial charge in [-0.25, -0.2) is 9.50 Å². The molecule has 1 aromatic carbocycles. The minimum atomic E-state index is -0.212. The number of halogens is 1. The second-order valence-corrected chi connectivity index (χ2v) is 8.01. The van der Waals surface area contributed by atoms with Crippen LogP contribution >= 0.6 is 34.7 Å². The van der Waals surface area contributed by atoms with Crippen molar-refractivity contribution in [2.45, 2.75) is 22.9 Å². The third-order valence-electron chi connectivity index (χ3n) is 3.15. The Kier molecular flexibility index (Phi) is 4.89. The standard InChI is InChI=1S/C15H14ClN3O2S2/c1-9(7-13(20)21-2)22-15-18-19-8-12(17-14(19)23-15)10-3-5-11(16)6-4-10/h3-6,8-9H,7H2,1-2H3. The van der Waals surface area contributed by atoms with Gasteiger partial charge in [0.25, 0.3) is 0 Å². The summed E-state index contributed by atoms with van der Waals surface area (Å²) in [6, 6.07) is 7.55. The highest BCUT2D eigenvalue weighted by Crippen LogP contribution is 2.31. The lowest BCUT2D eigenvalue weighted by Crippen LogP contribution is -2.08. The van der Waals surface area contributed by atoms with Gasteiger partial charge in [-0.1, -0.05) is 53.8 Å². The van der Waals surface area contributed by atoms with Crippen LogP contribution in [0.15, 0.2) is 34.8 Å². The lowest BCUT2D eigenvalue weighted by atomic mass is 10.2. The maximum atomic E-state index is 11.3. The number of nitrogens with zero attached hydrogens (tertiary/aromatic N) is 3. The second kappa shape index (κ2) is 6.90. The fourth-order valence-corrected chi connectivity index (χ4v) is 4.37. The molecule has 1 unspecified atom stereocenters. The van der Waals surface area contributed by atoms with E-state index in [1.165, 1.54) is 18.4 Å². The lowest BCUT2D eigenvalue weighted by Gasteiger charge is -2.06. The molecule has 0 fully saturated rings. The van der Waals surface area contributed by atoms with Crippen LogP contribution in [0.5, 0.6) is 0 Å². The molecule has 2 aromatic heterocycles. The van der Waals surface area contributed by atoms with E-state index in [2.05, 4.69) is 14.8 Å². The van der Waals surface area contributed by atoms with E-state index < -0.39 is 0 Å². The van der Waals surface area contributed by atoms with E-state index >= 15 is 0 Å². The van der Waals surface area contributed by atoms with Gasteiger partial charge >= 0.3 is 5.97 Å². The Labute approximate surface area is 146 Å². The Morgan fingerprint density at radius 3 is 2.83 bits per heavy atom. The van der Waals surface area contributed by atoms with Crippen LogP contribution < -0.4 is 0 Å². The first-order valence-corrected chi connectivity index (χ1v) is 8.98. The molecule has 0 aliphatic heterocycles. The number of thioether (sulfide) groups is 1. The van der Waals surface area contributed by atoms with Crippen molar-refractivity contribution in [3.05, 3.63) is 35.5 Å². The minimum absolute atomic E-state index is 0.106. The molecule has 0 amide bonds. The molecule has 3 rings (SSSR count). The molecule has 0 aliphatic carbocycles. The molecule has 1 atom stereocenters. The highest BCUT2D eigenvalue weighted by atomic mass is 35.5. The first kappa shape index (κ1) is 16.3. The molecule has 8 heteroatoms. The highest BCUT2D eigenvalue weighted by molar-refractivity contribution is 8.01. The average molecular weight is 368 g/mol. The van der Waals surface area contributed by atoms with E-state index in [9.17, 15) is 4.79 Å². The summed E-state index contributed by atoms with van der Waals surface area (Å²) in [5.74, 6) is -0.212. The summed E-state index contributed by atoms with van der Waals surface area (Å²) in [5, 5.41) is 5.31. The maximum Gasteiger partial charge on any atom is 0.306 e. The van der Waals surface area contributed by atoms with Crippen molar-refractivity contribution in [3.8, 4) is 11.3 Å². The van der Waals surface area contributed by atoms with Crippen molar-refractivity contribution in [3.63, 3.8) is 0 Å². The molecule has 0 saturated heterocycles. The van der Waals surface area contributed by atoms with Gasteiger partial charge in [0.2, 0.25) is 4.96 Å². The minimum Gasteiger partial charge on any atom is -0.469 e. The van der Waals surface area contributed by atoms with Gasteiger partial charge in [-0.05, 0) is 12.1 Å². The molecule has 23 heavy (non-hydrogen) atoms. The summed E-state index contributed by atoms with van der Waals surface area (Å²) < 4.78 is 7.33. The fourth-order valence-electron chi connectivity index (χ4n) is 2.02. The predicted molar refractivity (Wildman–Crippen MR) is 93.3 cm³/mol. The molecule has 120 valence electrons. The van der Waals surface area contributed by atoms with Crippen LogP contribution in [0.2, 0.25) is 5.02 Å². The van der Waals surface area contributed by atoms with Crippen molar-refractivity contribution in [2.24, 2.45) is 0 Å². The summed E-state index contributed by atoms with van der Waals surface area (Å²) in [5.41, 5.74) is 1.86. The fraction of sp³-hybridized carbons (Fsp3) is 0.267. The third kappa shape index (κ3) is 3.85. The summed E-state index contributed by atoms with van der Waals surface area (Å²) in [6.07, 6.45) is 2.25. The molecule has 0 bridgehead atoms. The first-order chi connectivity index (χ1) is 11.0. The van der Waals surface area contributed by atoms with Crippen molar-refractivity contribution in [1.29, 1.82) is 0 Å². The summed E-state index contributed by atoms with van der Waals surface area (Å²) >= 11 is 8.95. The van der Waals surface area contributed by atoms with Crippen LogP contribution in [-0.4, -0.2) is 32.9 Å². The van der Waals surface area contributed by atoms with Crippen molar-refractivity contribution in [1.82, 2.24) is 14.6 Å². The number of carbonyl (C=O) groups excluding carboxylic acids is 1. The Hall–Kier alpha value is -1.57. The van der Waals surface area contributed by atoms with Crippen molar-refractivity contribution < 1.29 is 9.53 Å². The van der Waals surface area contributed by atoms with Gasteiger partial charge in [0.1, 0.15) is 0 Å². The van der Waals surface area contributed by atoms with Gasteiger partial charge in [-0.15, -0.1) is 5.10 Å². The van der Waals surface area contributed by atoms with E-state index in [0.29, 0.717) is 11.4 Å². The second-order valence-electron chi connectivity index (χ2n) is 4.94. The van der Waals surface area contributed by atoms with Crippen LogP contribution in [0.25, 0.3) is 16.2 Å². The Bertz CT molecular complexity index is 797. The van der Waals surface area contributed by atoms with Crippen LogP contribution in [0.4, 0.5) is 0 Å². The van der Waals surface area contributed by atoms with Gasteiger partial charge in [0, 0.05) is 15.8 Å². The number of benzene rings is 1. The molecule has 5 nitrogen and oxygen atoms in total. The molecule has 0 spiro atoms. The van der Waals surface area contributed by atoms with Gasteiger partial charge in [-0.3, -0.25) is 4.79 Å². The lowest BCUT2D eigenvalue weighted by molar-refractivity contribution is -0.140. The summed E-state index contributed by atoms with van der Waals surface area (Å²) in [7, 11) is 1.40. The van der Waals surface area contributed by atoms with Gasteiger partial charge in [0.05, 0.1) is 25.4 Å². The topological polar surface area (TPSA) is 56.5 Å². The van der Waals surface area contributed by atoms with Crippen LogP contribution in [-0.2, 0) is 9.53 Å². The molecule has 3 aromatic rings. The zero-order valence-corrected chi connectivity index (χ0v) is 14.9. The number of fused-ring (bicyclic) bond motifs is 1. The monoisotopic (exact) mass is 367 g/mol. The number of aromatic nitrogens is 3. The summed E-state index contributed by atoms with van der Waals surface area (Å²) in [4.78, 5) is 16.7. The van der Waals surface area contributed by atoms with Crippen LogP contribution in [0.3, 0.4) is 0 Å². The van der Waals surface area contributed by atoms with E-state index in [1.807, 2.05) is 37.4 Å². The Balaban J connectivity index is 1.75. The molecular weight excluding hydrogens is 354 g/mol. The average Bonchev–Trinajstić information content (AvgIpc) is 3.05. The SMILES string of the molecule is COC(=O)CC(C)Sc1nn2cc(-c3ccc(Cl)cc3)nc2s1. The number of methoxy groups -OCH3 is 1. The zero-order valence-electron chi connectivity index (χ0n) is 12.5. The molecule has 2 heterocycles. The smallest absolute Gasteiger partial charge is 0.306 e. The molecule has 0 N–H and O–H groups in total. The molecule has 0 saturated carbocycles. The maximum absolute atomic E-state index is 11.3. The number of carbonyl (C=O) groups is 1. The van der Waals surface area contributed by atoms with Crippen molar-refractivity contribution in [2.75, 3.05) is 7.11 Å². The largest absolute Gasteiger partial charge is 0.469 e. The van der Waals surface area contributed by atoms with E-state index in [0.717, 1.165) is 20.6 Å². The predicted octanol–water partition coefficient (Wildman–Crippen LogP) is 4.15. The number of ether oxygens (including phenoxy) is 1. The number of esters is 1. The normalized spacial score (nSPS) is 12.5. The highest BCUT2D eigenvalue weighted by Gasteiger charge is 2.15. The van der Waals surface area contributed by atoms with Crippen molar-refractivity contribution >= 4 is 45.6 Å². The van der Waals surface area contributed by atoms with E-state index in [-0.39, 0.29) is 11.2 Å². The zero-order chi connectivity index (χ0) is 16.4. The van der Waals surface area contributed by atoms with Gasteiger partial charge in [-0.2, -0.15) is 0 Å². The van der Waals surface area contributed by atoms with Gasteiger partial charge in [0.15, 0.2) is 4.34 Å². The summed E-state index contributed by atoms with van der Waals surface area (Å²) in [6.45, 7) is 1.98. The Morgan fingerprint density at radius 1 is 1.43 bits per heavy atom. The Morgan fingerprint density at radius 2 is 2.17 bits per heavy atom. The molecule has 0 radical (unpaired) electrons. The van der Waals surface area contributed by atoms with E-state index in [1.54, 1.807) is 16.3 Å². The van der Waals surface area contributed by atoms with Crippen LogP contribution in [0, 0.1) is 0 Å². The number of hydrogen-bond acceptors (Lipinski definition) is 6. The number of imidazole rings is 1. The quantitative estimate of drug-likeness (QED) is 0.500. The number of hydrogen-bond donors (Lipinski definition) is 0. The van der Waals surface area contributed by atoms with E-state index in [4.69, 9.17) is 11.6 Å². The first-order valence-electron chi connectivity index (χ1n) is 6.91. The third-order valence-corrected chi connectivity index (χ3v) is 5.51. The number of rotatable bonds is 5. The van der Waals surface area contributed by atoms with Gasteiger partial charge < -0.3 is 4.74 Å². The van der Waals surface area contributed by atoms with Crippen LogP contribution in [0.1, 0.15) is 13.3 Å². The molecular formula is C15H14ClN3O2S2.